The molecule has 3 atom stereocenters. The molecular weight excluding hydrogens is 499 g/mol. The number of allylic oxidation sites excluding steroid dienone is 2. The van der Waals surface area contributed by atoms with Gasteiger partial charge in [0.05, 0.1) is 31.0 Å². The molecule has 0 aliphatic carbocycles. The highest BCUT2D eigenvalue weighted by Crippen LogP contribution is 2.17. The molecule has 0 aliphatic heterocycles. The Kier molecular flexibility index (Phi) is 14.2. The summed E-state index contributed by atoms with van der Waals surface area (Å²) in [4.78, 5) is 38.0. The highest BCUT2D eigenvalue weighted by molar-refractivity contribution is 5.86. The summed E-state index contributed by atoms with van der Waals surface area (Å²) in [6.45, 7) is 7.23. The average Bonchev–Trinajstić information content (AvgIpc) is 2.94. The fraction of sp³-hybridized carbons (Fsp3) is 0.387. The lowest BCUT2D eigenvalue weighted by Gasteiger charge is -2.20. The number of hydrogen-bond acceptors (Lipinski definition) is 5. The smallest absolute Gasteiger partial charge is 0.309 e. The van der Waals surface area contributed by atoms with Gasteiger partial charge in [0.25, 0.3) is 0 Å². The fourth-order valence-electron chi connectivity index (χ4n) is 4.17. The summed E-state index contributed by atoms with van der Waals surface area (Å²) in [5.74, 6) is -2.49. The predicted octanol–water partition coefficient (Wildman–Crippen LogP) is 3.91. The number of nitrogens with one attached hydrogen (secondary N) is 2. The standard InChI is InChI=1S/C31H39FN2O5/c1-3-5-12-26(19-24-13-15-27(32)16-14-24)31(38)39-18-17-33-30(37)25(9-4-2)21-29(36)34-28(22-35)20-23-10-7-6-8-11-23/h3-4,6-8,10-11,13-16,25-26,28,35H,1-2,5,9,12,17-22H2,(H,33,37)(H,34,36)/t25-,26-,28+/m0/s1. The highest BCUT2D eigenvalue weighted by atomic mass is 19.1. The van der Waals surface area contributed by atoms with Crippen LogP contribution in [0.4, 0.5) is 4.39 Å². The van der Waals surface area contributed by atoms with Crippen molar-refractivity contribution in [3.8, 4) is 0 Å². The van der Waals surface area contributed by atoms with Crippen molar-refractivity contribution < 1.29 is 28.6 Å². The van der Waals surface area contributed by atoms with Crippen LogP contribution in [-0.4, -0.2) is 48.7 Å². The molecule has 0 fully saturated rings. The van der Waals surface area contributed by atoms with Gasteiger partial charge in [0.2, 0.25) is 11.8 Å². The number of amides is 2. The Bertz CT molecular complexity index is 1060. The molecule has 0 aliphatic rings. The van der Waals surface area contributed by atoms with E-state index >= 15 is 0 Å². The quantitative estimate of drug-likeness (QED) is 0.152. The van der Waals surface area contributed by atoms with Crippen molar-refractivity contribution in [3.05, 3.63) is 96.9 Å². The van der Waals surface area contributed by atoms with Crippen LogP contribution in [0.25, 0.3) is 0 Å². The van der Waals surface area contributed by atoms with Gasteiger partial charge in [-0.05, 0) is 55.4 Å². The molecule has 2 aromatic carbocycles. The average molecular weight is 539 g/mol. The van der Waals surface area contributed by atoms with Crippen LogP contribution in [0.5, 0.6) is 0 Å². The van der Waals surface area contributed by atoms with E-state index in [1.54, 1.807) is 24.3 Å². The Morgan fingerprint density at radius 3 is 2.28 bits per heavy atom. The lowest BCUT2D eigenvalue weighted by Crippen LogP contribution is -2.42. The minimum absolute atomic E-state index is 0.0186. The largest absolute Gasteiger partial charge is 0.464 e. The van der Waals surface area contributed by atoms with Crippen LogP contribution in [-0.2, 0) is 32.0 Å². The molecule has 0 aromatic heterocycles. The summed E-state index contributed by atoms with van der Waals surface area (Å²) in [6, 6.07) is 15.0. The van der Waals surface area contributed by atoms with E-state index in [4.69, 9.17) is 4.74 Å². The number of halogens is 1. The number of hydrogen-bond donors (Lipinski definition) is 3. The summed E-state index contributed by atoms with van der Waals surface area (Å²) in [6.07, 6.45) is 5.59. The van der Waals surface area contributed by atoms with Crippen molar-refractivity contribution in [3.63, 3.8) is 0 Å². The Morgan fingerprint density at radius 2 is 1.64 bits per heavy atom. The summed E-state index contributed by atoms with van der Waals surface area (Å²) >= 11 is 0. The molecule has 2 rings (SSSR count). The highest BCUT2D eigenvalue weighted by Gasteiger charge is 2.23. The maximum absolute atomic E-state index is 13.2. The molecule has 8 heteroatoms. The van der Waals surface area contributed by atoms with Gasteiger partial charge in [-0.2, -0.15) is 0 Å². The van der Waals surface area contributed by atoms with Crippen LogP contribution in [0.1, 0.15) is 36.8 Å². The van der Waals surface area contributed by atoms with Crippen LogP contribution in [0.3, 0.4) is 0 Å². The van der Waals surface area contributed by atoms with Gasteiger partial charge < -0.3 is 20.5 Å². The molecule has 2 amide bonds. The molecule has 0 bridgehead atoms. The van der Waals surface area contributed by atoms with E-state index in [0.29, 0.717) is 32.1 Å². The van der Waals surface area contributed by atoms with Gasteiger partial charge in [-0.25, -0.2) is 4.39 Å². The van der Waals surface area contributed by atoms with Crippen LogP contribution < -0.4 is 10.6 Å². The van der Waals surface area contributed by atoms with Crippen molar-refractivity contribution in [1.29, 1.82) is 0 Å². The topological polar surface area (TPSA) is 105 Å². The number of carbonyl (C=O) groups excluding carboxylic acids is 3. The molecule has 2 aromatic rings. The Hall–Kier alpha value is -3.78. The number of rotatable bonds is 18. The summed E-state index contributed by atoms with van der Waals surface area (Å²) in [7, 11) is 0. The molecule has 0 radical (unpaired) electrons. The fourth-order valence-corrected chi connectivity index (χ4v) is 4.17. The number of carbonyl (C=O) groups is 3. The van der Waals surface area contributed by atoms with E-state index < -0.39 is 23.8 Å². The van der Waals surface area contributed by atoms with Gasteiger partial charge >= 0.3 is 5.97 Å². The van der Waals surface area contributed by atoms with Crippen LogP contribution >= 0.6 is 0 Å². The van der Waals surface area contributed by atoms with E-state index in [-0.39, 0.29) is 43.8 Å². The number of esters is 1. The Labute approximate surface area is 230 Å². The minimum Gasteiger partial charge on any atom is -0.464 e. The maximum atomic E-state index is 13.2. The van der Waals surface area contributed by atoms with Gasteiger partial charge in [-0.1, -0.05) is 54.6 Å². The van der Waals surface area contributed by atoms with Crippen molar-refractivity contribution >= 4 is 17.8 Å². The summed E-state index contributed by atoms with van der Waals surface area (Å²) in [5.41, 5.74) is 1.81. The molecule has 0 spiro atoms. The van der Waals surface area contributed by atoms with Crippen LogP contribution in [0.15, 0.2) is 79.9 Å². The zero-order chi connectivity index (χ0) is 28.5. The van der Waals surface area contributed by atoms with Crippen molar-refractivity contribution in [2.45, 2.75) is 44.6 Å². The first-order valence-electron chi connectivity index (χ1n) is 13.2. The second kappa shape index (κ2) is 17.7. The molecular formula is C31H39FN2O5. The van der Waals surface area contributed by atoms with Crippen LogP contribution in [0, 0.1) is 17.7 Å². The minimum atomic E-state index is -0.645. The lowest BCUT2D eigenvalue weighted by molar-refractivity contribution is -0.149. The van der Waals surface area contributed by atoms with Gasteiger partial charge in [0, 0.05) is 6.42 Å². The Balaban J connectivity index is 1.81. The van der Waals surface area contributed by atoms with Crippen LogP contribution in [0.2, 0.25) is 0 Å². The second-order valence-corrected chi connectivity index (χ2v) is 9.41. The number of ether oxygens (including phenoxy) is 1. The third kappa shape index (κ3) is 12.1. The van der Waals surface area contributed by atoms with E-state index in [9.17, 15) is 23.9 Å². The molecule has 3 N–H and O–H groups in total. The van der Waals surface area contributed by atoms with Gasteiger partial charge in [-0.3, -0.25) is 14.4 Å². The first kappa shape index (κ1) is 31.4. The third-order valence-corrected chi connectivity index (χ3v) is 6.26. The lowest BCUT2D eigenvalue weighted by atomic mass is 9.95. The number of aliphatic hydroxyl groups is 1. The second-order valence-electron chi connectivity index (χ2n) is 9.41. The van der Waals surface area contributed by atoms with Crippen molar-refractivity contribution in [1.82, 2.24) is 10.6 Å². The number of aliphatic hydroxyl groups excluding tert-OH is 1. The SMILES string of the molecule is C=CCC[C@@H](Cc1ccc(F)cc1)C(=O)OCCNC(=O)[C@@H](CC=C)CC(=O)N[C@@H](CO)Cc1ccccc1. The molecule has 0 unspecified atom stereocenters. The van der Waals surface area contributed by atoms with E-state index in [1.807, 2.05) is 30.3 Å². The van der Waals surface area contributed by atoms with E-state index in [1.165, 1.54) is 12.1 Å². The molecule has 7 nitrogen and oxygen atoms in total. The van der Waals surface area contributed by atoms with Gasteiger partial charge in [-0.15, -0.1) is 13.2 Å². The molecule has 0 heterocycles. The normalized spacial score (nSPS) is 13.0. The summed E-state index contributed by atoms with van der Waals surface area (Å²) in [5, 5.41) is 15.2. The van der Waals surface area contributed by atoms with E-state index in [0.717, 1.165) is 11.1 Å². The van der Waals surface area contributed by atoms with Gasteiger partial charge in [0.1, 0.15) is 12.4 Å². The first-order chi connectivity index (χ1) is 18.9. The zero-order valence-electron chi connectivity index (χ0n) is 22.3. The molecule has 210 valence electrons. The predicted molar refractivity (Wildman–Crippen MR) is 149 cm³/mol. The van der Waals surface area contributed by atoms with Gasteiger partial charge in [0.15, 0.2) is 0 Å². The molecule has 0 saturated carbocycles. The zero-order valence-corrected chi connectivity index (χ0v) is 22.3. The third-order valence-electron chi connectivity index (χ3n) is 6.26. The summed E-state index contributed by atoms with van der Waals surface area (Å²) < 4.78 is 18.6. The van der Waals surface area contributed by atoms with Crippen molar-refractivity contribution in [2.75, 3.05) is 19.8 Å². The number of benzene rings is 2. The van der Waals surface area contributed by atoms with Crippen molar-refractivity contribution in [2.24, 2.45) is 11.8 Å². The molecule has 0 saturated heterocycles. The molecule has 39 heavy (non-hydrogen) atoms. The Morgan fingerprint density at radius 1 is 0.949 bits per heavy atom. The first-order valence-corrected chi connectivity index (χ1v) is 13.2. The maximum Gasteiger partial charge on any atom is 0.309 e. The monoisotopic (exact) mass is 538 g/mol. The van der Waals surface area contributed by atoms with E-state index in [2.05, 4.69) is 23.8 Å².